The Hall–Kier alpha value is -3.44. The molecule has 1 fully saturated rings. The summed E-state index contributed by atoms with van der Waals surface area (Å²) >= 11 is 0. The van der Waals surface area contributed by atoms with Crippen LogP contribution in [0.5, 0.6) is 0 Å². The fraction of sp³-hybridized carbons (Fsp3) is 0.300. The van der Waals surface area contributed by atoms with Gasteiger partial charge in [0.15, 0.2) is 0 Å². The molecule has 5 rings (SSSR count). The number of likely N-dealkylation sites (tertiary alicyclic amines) is 1. The molecule has 0 bridgehead atoms. The highest BCUT2D eigenvalue weighted by Gasteiger charge is 2.25. The van der Waals surface area contributed by atoms with E-state index in [0.717, 1.165) is 36.1 Å². The molecule has 1 aromatic heterocycles. The Morgan fingerprint density at radius 3 is 2.40 bits per heavy atom. The van der Waals surface area contributed by atoms with Gasteiger partial charge in [0.2, 0.25) is 5.91 Å². The topological polar surface area (TPSA) is 37.3 Å². The second-order valence-electron chi connectivity index (χ2n) is 9.39. The molecular formula is C30H32FN3O. The number of nitrogens with zero attached hydrogens (tertiary/aromatic N) is 2. The van der Waals surface area contributed by atoms with Crippen molar-refractivity contribution < 1.29 is 9.18 Å². The van der Waals surface area contributed by atoms with Crippen LogP contribution in [0.2, 0.25) is 0 Å². The fourth-order valence-corrected chi connectivity index (χ4v) is 5.23. The van der Waals surface area contributed by atoms with Crippen LogP contribution in [0.4, 0.5) is 4.39 Å². The van der Waals surface area contributed by atoms with E-state index in [-0.39, 0.29) is 24.1 Å². The number of carbonyl (C=O) groups is 1. The first-order valence-corrected chi connectivity index (χ1v) is 12.5. The molecule has 1 saturated heterocycles. The molecule has 0 saturated carbocycles. The van der Waals surface area contributed by atoms with Gasteiger partial charge in [-0.15, -0.1) is 0 Å². The number of halogens is 1. The number of hydrogen-bond acceptors (Lipinski definition) is 2. The van der Waals surface area contributed by atoms with Crippen LogP contribution in [0.3, 0.4) is 0 Å². The summed E-state index contributed by atoms with van der Waals surface area (Å²) in [4.78, 5) is 15.4. The zero-order valence-electron chi connectivity index (χ0n) is 20.0. The van der Waals surface area contributed by atoms with Crippen LogP contribution in [0.25, 0.3) is 10.9 Å². The normalized spacial score (nSPS) is 14.9. The first kappa shape index (κ1) is 23.3. The van der Waals surface area contributed by atoms with Gasteiger partial charge in [0, 0.05) is 49.1 Å². The Kier molecular flexibility index (Phi) is 7.24. The SMILES string of the molecule is O=C(C[C@@H](c1ccccc1F)c1cn(Cc2ccccc2)c2ccccc12)NCCN1CCCC1. The second kappa shape index (κ2) is 10.9. The van der Waals surface area contributed by atoms with E-state index in [4.69, 9.17) is 0 Å². The lowest BCUT2D eigenvalue weighted by Crippen LogP contribution is -2.34. The number of benzene rings is 3. The highest BCUT2D eigenvalue weighted by Crippen LogP contribution is 2.36. The van der Waals surface area contributed by atoms with Crippen LogP contribution in [0, 0.1) is 5.82 Å². The molecule has 1 aliphatic heterocycles. The van der Waals surface area contributed by atoms with Crippen LogP contribution >= 0.6 is 0 Å². The number of hydrogen-bond donors (Lipinski definition) is 1. The molecule has 1 amide bonds. The minimum absolute atomic E-state index is 0.0441. The molecule has 1 atom stereocenters. The van der Waals surface area contributed by atoms with E-state index in [1.807, 2.05) is 36.4 Å². The molecule has 2 heterocycles. The van der Waals surface area contributed by atoms with Gasteiger partial charge in [-0.3, -0.25) is 4.79 Å². The van der Waals surface area contributed by atoms with Crippen molar-refractivity contribution in [2.45, 2.75) is 31.7 Å². The summed E-state index contributed by atoms with van der Waals surface area (Å²) in [6, 6.07) is 25.3. The monoisotopic (exact) mass is 469 g/mol. The van der Waals surface area contributed by atoms with Crippen LogP contribution in [-0.2, 0) is 11.3 Å². The largest absolute Gasteiger partial charge is 0.355 e. The van der Waals surface area contributed by atoms with Crippen molar-refractivity contribution in [3.8, 4) is 0 Å². The number of nitrogens with one attached hydrogen (secondary N) is 1. The second-order valence-corrected chi connectivity index (χ2v) is 9.39. The molecule has 35 heavy (non-hydrogen) atoms. The summed E-state index contributed by atoms with van der Waals surface area (Å²) in [6.07, 6.45) is 4.78. The molecule has 0 aliphatic carbocycles. The minimum Gasteiger partial charge on any atom is -0.355 e. The lowest BCUT2D eigenvalue weighted by Gasteiger charge is -2.19. The number of fused-ring (bicyclic) bond motifs is 1. The third-order valence-corrected chi connectivity index (χ3v) is 7.01. The van der Waals surface area contributed by atoms with E-state index in [1.54, 1.807) is 12.1 Å². The molecular weight excluding hydrogens is 437 g/mol. The van der Waals surface area contributed by atoms with Crippen molar-refractivity contribution in [2.24, 2.45) is 0 Å². The summed E-state index contributed by atoms with van der Waals surface area (Å²) in [5, 5.41) is 4.14. The quantitative estimate of drug-likeness (QED) is 0.348. The lowest BCUT2D eigenvalue weighted by atomic mass is 9.87. The van der Waals surface area contributed by atoms with Gasteiger partial charge in [-0.1, -0.05) is 66.7 Å². The lowest BCUT2D eigenvalue weighted by molar-refractivity contribution is -0.121. The van der Waals surface area contributed by atoms with Gasteiger partial charge in [0.25, 0.3) is 0 Å². The molecule has 4 aromatic rings. The van der Waals surface area contributed by atoms with Crippen molar-refractivity contribution in [2.75, 3.05) is 26.2 Å². The van der Waals surface area contributed by atoms with Crippen LogP contribution < -0.4 is 5.32 Å². The van der Waals surface area contributed by atoms with Crippen LogP contribution in [-0.4, -0.2) is 41.6 Å². The Labute approximate surface area is 206 Å². The van der Waals surface area contributed by atoms with E-state index < -0.39 is 0 Å². The van der Waals surface area contributed by atoms with Crippen molar-refractivity contribution >= 4 is 16.8 Å². The van der Waals surface area contributed by atoms with E-state index in [9.17, 15) is 4.79 Å². The van der Waals surface area contributed by atoms with E-state index in [1.165, 1.54) is 24.5 Å². The Balaban J connectivity index is 1.45. The third kappa shape index (κ3) is 5.46. The van der Waals surface area contributed by atoms with Gasteiger partial charge in [-0.25, -0.2) is 4.39 Å². The summed E-state index contributed by atoms with van der Waals surface area (Å²) < 4.78 is 17.2. The van der Waals surface area contributed by atoms with Gasteiger partial charge in [-0.05, 0) is 54.8 Å². The van der Waals surface area contributed by atoms with E-state index >= 15 is 4.39 Å². The summed E-state index contributed by atoms with van der Waals surface area (Å²) in [7, 11) is 0. The third-order valence-electron chi connectivity index (χ3n) is 7.01. The van der Waals surface area contributed by atoms with Crippen LogP contribution in [0.1, 0.15) is 41.9 Å². The maximum atomic E-state index is 15.0. The predicted octanol–water partition coefficient (Wildman–Crippen LogP) is 5.56. The predicted molar refractivity (Wildman–Crippen MR) is 139 cm³/mol. The molecule has 4 nitrogen and oxygen atoms in total. The fourth-order valence-electron chi connectivity index (χ4n) is 5.23. The average Bonchev–Trinajstić information content (AvgIpc) is 3.52. The Morgan fingerprint density at radius 2 is 1.60 bits per heavy atom. The van der Waals surface area contributed by atoms with Crippen LogP contribution in [0.15, 0.2) is 85.1 Å². The zero-order valence-corrected chi connectivity index (χ0v) is 20.0. The molecule has 1 aliphatic rings. The summed E-state index contributed by atoms with van der Waals surface area (Å²) in [6.45, 7) is 4.42. The highest BCUT2D eigenvalue weighted by molar-refractivity contribution is 5.86. The first-order chi connectivity index (χ1) is 17.2. The molecule has 0 spiro atoms. The van der Waals surface area contributed by atoms with E-state index in [2.05, 4.69) is 45.2 Å². The smallest absolute Gasteiger partial charge is 0.220 e. The summed E-state index contributed by atoms with van der Waals surface area (Å²) in [5.41, 5.74) is 3.82. The highest BCUT2D eigenvalue weighted by atomic mass is 19.1. The minimum atomic E-state index is -0.370. The molecule has 5 heteroatoms. The molecule has 0 radical (unpaired) electrons. The molecule has 180 valence electrons. The first-order valence-electron chi connectivity index (χ1n) is 12.5. The number of carbonyl (C=O) groups excluding carboxylic acids is 1. The molecule has 1 N–H and O–H groups in total. The van der Waals surface area contributed by atoms with Crippen molar-refractivity contribution in [3.05, 3.63) is 108 Å². The number of rotatable bonds is 9. The van der Waals surface area contributed by atoms with Gasteiger partial charge >= 0.3 is 0 Å². The number of aromatic nitrogens is 1. The Bertz CT molecular complexity index is 1280. The van der Waals surface area contributed by atoms with Gasteiger partial charge < -0.3 is 14.8 Å². The molecule has 0 unspecified atom stereocenters. The zero-order chi connectivity index (χ0) is 24.0. The van der Waals surface area contributed by atoms with E-state index in [0.29, 0.717) is 18.7 Å². The van der Waals surface area contributed by atoms with Crippen molar-refractivity contribution in [3.63, 3.8) is 0 Å². The number of para-hydroxylation sites is 1. The van der Waals surface area contributed by atoms with Crippen molar-refractivity contribution in [1.29, 1.82) is 0 Å². The van der Waals surface area contributed by atoms with Crippen molar-refractivity contribution in [1.82, 2.24) is 14.8 Å². The standard InChI is InChI=1S/C30H32FN3O/c31-28-14-6-4-12-24(28)26(20-30(35)32-16-19-33-17-8-9-18-33)27-22-34(21-23-10-2-1-3-11-23)29-15-7-5-13-25(27)29/h1-7,10-15,22,26H,8-9,16-21H2,(H,32,35)/t26-/m0/s1. The Morgan fingerprint density at radius 1 is 0.886 bits per heavy atom. The number of amides is 1. The summed E-state index contributed by atoms with van der Waals surface area (Å²) in [5.74, 6) is -0.690. The van der Waals surface area contributed by atoms with Gasteiger partial charge in [-0.2, -0.15) is 0 Å². The molecule has 3 aromatic carbocycles. The van der Waals surface area contributed by atoms with Gasteiger partial charge in [0.1, 0.15) is 5.82 Å². The van der Waals surface area contributed by atoms with Gasteiger partial charge in [0.05, 0.1) is 0 Å². The average molecular weight is 470 g/mol. The maximum absolute atomic E-state index is 15.0. The maximum Gasteiger partial charge on any atom is 0.220 e.